The maximum Gasteiger partial charge on any atom is 0.329 e. The van der Waals surface area contributed by atoms with Crippen LogP contribution in [0.5, 0.6) is 0 Å². The lowest BCUT2D eigenvalue weighted by molar-refractivity contribution is 0.577. The third-order valence-corrected chi connectivity index (χ3v) is 5.14. The quantitative estimate of drug-likeness (QED) is 0.294. The number of benzene rings is 1. The fourth-order valence-corrected chi connectivity index (χ4v) is 3.37. The molecular weight excluding hydrogens is 392 g/mol. The van der Waals surface area contributed by atoms with Crippen molar-refractivity contribution in [3.8, 4) is 0 Å². The Labute approximate surface area is 181 Å². The number of hydrogen-bond acceptors (Lipinski definition) is 5. The number of H-pyrrole nitrogens is 1. The van der Waals surface area contributed by atoms with Crippen molar-refractivity contribution >= 4 is 28.9 Å². The summed E-state index contributed by atoms with van der Waals surface area (Å²) in [4.78, 5) is 31.4. The molecule has 0 aliphatic carbocycles. The molecule has 0 atom stereocenters. The molecule has 0 spiro atoms. The van der Waals surface area contributed by atoms with Crippen LogP contribution in [0.25, 0.3) is 17.2 Å². The molecule has 8 nitrogen and oxygen atoms in total. The van der Waals surface area contributed by atoms with Crippen LogP contribution in [0.15, 0.2) is 51.1 Å². The molecule has 3 aromatic rings. The zero-order chi connectivity index (χ0) is 22.2. The van der Waals surface area contributed by atoms with Crippen LogP contribution in [-0.4, -0.2) is 24.8 Å². The van der Waals surface area contributed by atoms with E-state index in [4.69, 9.17) is 0 Å². The van der Waals surface area contributed by atoms with E-state index in [0.717, 1.165) is 30.5 Å². The Balaban J connectivity index is 1.87. The van der Waals surface area contributed by atoms with E-state index < -0.39 is 11.2 Å². The van der Waals surface area contributed by atoms with E-state index in [1.807, 2.05) is 54.0 Å². The second-order valence-electron chi connectivity index (χ2n) is 7.60. The standard InChI is InChI=1S/C23H30N6O2/c1-4-5-6-7-11-16-29-19-20(28(3)23(31)25-21(19)30)24-22(29)27-26-17(2)14-15-18-12-9-8-10-13-18/h8-10,12-15H,4-7,11,16H2,1-3H3,(H,24,27)(H,25,30,31)/b15-14+,26-17+. The van der Waals surface area contributed by atoms with Gasteiger partial charge in [0.1, 0.15) is 0 Å². The summed E-state index contributed by atoms with van der Waals surface area (Å²) in [5.74, 6) is 0.449. The minimum atomic E-state index is -0.484. The number of aryl methyl sites for hydroxylation is 2. The SMILES string of the molecule is CCCCCCCn1c(N/N=C(C)/C=C/c2ccccc2)nc2c1c(=O)[nH]c(=O)n2C. The average molecular weight is 423 g/mol. The Hall–Kier alpha value is -3.42. The smallest absolute Gasteiger partial charge is 0.303 e. The average Bonchev–Trinajstić information content (AvgIpc) is 3.14. The van der Waals surface area contributed by atoms with Crippen molar-refractivity contribution in [2.45, 2.75) is 52.5 Å². The van der Waals surface area contributed by atoms with Crippen molar-refractivity contribution < 1.29 is 0 Å². The van der Waals surface area contributed by atoms with Crippen LogP contribution in [-0.2, 0) is 13.6 Å². The number of fused-ring (bicyclic) bond motifs is 1. The highest BCUT2D eigenvalue weighted by molar-refractivity contribution is 5.96. The minimum Gasteiger partial charge on any atom is -0.303 e. The molecule has 31 heavy (non-hydrogen) atoms. The molecule has 0 radical (unpaired) electrons. The first-order chi connectivity index (χ1) is 15.0. The number of anilines is 1. The Kier molecular flexibility index (Phi) is 7.59. The third kappa shape index (κ3) is 5.59. The molecule has 0 bridgehead atoms. The number of aromatic amines is 1. The molecule has 2 N–H and O–H groups in total. The minimum absolute atomic E-state index is 0.345. The summed E-state index contributed by atoms with van der Waals surface area (Å²) >= 11 is 0. The van der Waals surface area contributed by atoms with Crippen molar-refractivity contribution in [3.63, 3.8) is 0 Å². The number of hydrogen-bond donors (Lipinski definition) is 2. The first-order valence-corrected chi connectivity index (χ1v) is 10.7. The highest BCUT2D eigenvalue weighted by Crippen LogP contribution is 2.17. The van der Waals surface area contributed by atoms with Gasteiger partial charge in [-0.2, -0.15) is 10.1 Å². The summed E-state index contributed by atoms with van der Waals surface area (Å²) in [5, 5.41) is 4.40. The molecular formula is C23H30N6O2. The molecule has 0 saturated heterocycles. The predicted octanol–water partition coefficient (Wildman–Crippen LogP) is 3.89. The summed E-state index contributed by atoms with van der Waals surface area (Å²) in [6, 6.07) is 9.97. The maximum absolute atomic E-state index is 12.5. The summed E-state index contributed by atoms with van der Waals surface area (Å²) in [6.45, 7) is 4.68. The number of nitrogens with one attached hydrogen (secondary N) is 2. The first-order valence-electron chi connectivity index (χ1n) is 10.7. The Morgan fingerprint density at radius 2 is 1.90 bits per heavy atom. The van der Waals surface area contributed by atoms with Crippen LogP contribution in [0.3, 0.4) is 0 Å². The molecule has 2 aromatic heterocycles. The van der Waals surface area contributed by atoms with E-state index in [9.17, 15) is 9.59 Å². The van der Waals surface area contributed by atoms with Crippen molar-refractivity contribution in [2.75, 3.05) is 5.43 Å². The number of unbranched alkanes of at least 4 members (excludes halogenated alkanes) is 4. The molecule has 3 rings (SSSR count). The summed E-state index contributed by atoms with van der Waals surface area (Å²) in [5.41, 5.74) is 4.63. The molecule has 0 fully saturated rings. The lowest BCUT2D eigenvalue weighted by Crippen LogP contribution is -2.29. The summed E-state index contributed by atoms with van der Waals surface area (Å²) in [6.07, 6.45) is 9.39. The van der Waals surface area contributed by atoms with Gasteiger partial charge in [-0.25, -0.2) is 10.2 Å². The normalized spacial score (nSPS) is 12.2. The molecule has 0 amide bonds. The third-order valence-electron chi connectivity index (χ3n) is 5.14. The number of rotatable bonds is 10. The van der Waals surface area contributed by atoms with Gasteiger partial charge in [-0.05, 0) is 25.0 Å². The zero-order valence-corrected chi connectivity index (χ0v) is 18.4. The Morgan fingerprint density at radius 1 is 1.16 bits per heavy atom. The largest absolute Gasteiger partial charge is 0.329 e. The second kappa shape index (κ2) is 10.6. The van der Waals surface area contributed by atoms with Crippen molar-refractivity contribution in [3.05, 3.63) is 62.8 Å². The van der Waals surface area contributed by atoms with Crippen molar-refractivity contribution in [1.82, 2.24) is 19.1 Å². The monoisotopic (exact) mass is 422 g/mol. The number of allylic oxidation sites excluding steroid dienone is 1. The van der Waals surface area contributed by atoms with Gasteiger partial charge in [-0.3, -0.25) is 14.3 Å². The van der Waals surface area contributed by atoms with Gasteiger partial charge in [0.15, 0.2) is 11.2 Å². The maximum atomic E-state index is 12.5. The number of aromatic nitrogens is 4. The van der Waals surface area contributed by atoms with Gasteiger partial charge in [0, 0.05) is 13.6 Å². The van der Waals surface area contributed by atoms with Gasteiger partial charge in [0.2, 0.25) is 5.95 Å². The van der Waals surface area contributed by atoms with Gasteiger partial charge >= 0.3 is 5.69 Å². The lowest BCUT2D eigenvalue weighted by atomic mass is 10.1. The second-order valence-corrected chi connectivity index (χ2v) is 7.60. The van der Waals surface area contributed by atoms with E-state index in [0.29, 0.717) is 23.7 Å². The predicted molar refractivity (Wildman–Crippen MR) is 127 cm³/mol. The van der Waals surface area contributed by atoms with Crippen LogP contribution >= 0.6 is 0 Å². The molecule has 0 unspecified atom stereocenters. The Morgan fingerprint density at radius 3 is 2.65 bits per heavy atom. The summed E-state index contributed by atoms with van der Waals surface area (Å²) < 4.78 is 3.17. The lowest BCUT2D eigenvalue weighted by Gasteiger charge is -2.08. The van der Waals surface area contributed by atoms with Gasteiger partial charge in [0.05, 0.1) is 5.71 Å². The van der Waals surface area contributed by atoms with Crippen LogP contribution in [0.4, 0.5) is 5.95 Å². The highest BCUT2D eigenvalue weighted by atomic mass is 16.2. The van der Waals surface area contributed by atoms with Crippen LogP contribution in [0, 0.1) is 0 Å². The van der Waals surface area contributed by atoms with E-state index in [1.165, 1.54) is 17.4 Å². The van der Waals surface area contributed by atoms with Gasteiger partial charge in [-0.15, -0.1) is 0 Å². The molecule has 2 heterocycles. The van der Waals surface area contributed by atoms with E-state index >= 15 is 0 Å². The zero-order valence-electron chi connectivity index (χ0n) is 18.4. The van der Waals surface area contributed by atoms with Crippen LogP contribution in [0.1, 0.15) is 51.5 Å². The van der Waals surface area contributed by atoms with E-state index in [1.54, 1.807) is 7.05 Å². The first kappa shape index (κ1) is 22.3. The molecule has 0 aliphatic rings. The van der Waals surface area contributed by atoms with Crippen molar-refractivity contribution in [1.29, 1.82) is 0 Å². The van der Waals surface area contributed by atoms with E-state index in [2.05, 4.69) is 27.4 Å². The fraction of sp³-hybridized carbons (Fsp3) is 0.391. The fourth-order valence-electron chi connectivity index (χ4n) is 3.37. The Bertz CT molecular complexity index is 1180. The molecule has 0 aliphatic heterocycles. The van der Waals surface area contributed by atoms with Gasteiger partial charge in [-0.1, -0.05) is 69.0 Å². The number of nitrogens with zero attached hydrogens (tertiary/aromatic N) is 4. The molecule has 0 saturated carbocycles. The number of hydrazone groups is 1. The molecule has 8 heteroatoms. The highest BCUT2D eigenvalue weighted by Gasteiger charge is 2.16. The van der Waals surface area contributed by atoms with Gasteiger partial charge in [0.25, 0.3) is 5.56 Å². The van der Waals surface area contributed by atoms with Crippen LogP contribution in [0.2, 0.25) is 0 Å². The van der Waals surface area contributed by atoms with Gasteiger partial charge < -0.3 is 4.57 Å². The van der Waals surface area contributed by atoms with Crippen molar-refractivity contribution in [2.24, 2.45) is 12.1 Å². The van der Waals surface area contributed by atoms with Crippen LogP contribution < -0.4 is 16.7 Å². The van der Waals surface area contributed by atoms with E-state index in [-0.39, 0.29) is 0 Å². The summed E-state index contributed by atoms with van der Waals surface area (Å²) in [7, 11) is 1.60. The number of imidazole rings is 1. The molecule has 1 aromatic carbocycles. The topological polar surface area (TPSA) is 97.1 Å². The molecule has 164 valence electrons.